The zero-order valence-electron chi connectivity index (χ0n) is 16.2. The van der Waals surface area contributed by atoms with Gasteiger partial charge in [0.2, 0.25) is 0 Å². The van der Waals surface area contributed by atoms with E-state index in [0.29, 0.717) is 31.4 Å². The number of hydrogen-bond acceptors (Lipinski definition) is 6. The SMILES string of the molecule is C=C1C(=O)[C@]23C[C@H]1C[C@@H](O)[C@H]2[C@@]12CO[C@@H](OC)[C@@H]1C(C)(C)CC[C@@H]2OC3=O. The van der Waals surface area contributed by atoms with Gasteiger partial charge in [0, 0.05) is 24.4 Å². The number of ether oxygens (including phenoxy) is 3. The van der Waals surface area contributed by atoms with E-state index in [0.717, 1.165) is 6.42 Å². The van der Waals surface area contributed by atoms with Crippen molar-refractivity contribution in [3.63, 3.8) is 0 Å². The minimum atomic E-state index is -1.31. The van der Waals surface area contributed by atoms with Gasteiger partial charge in [0.05, 0.1) is 12.7 Å². The Kier molecular flexibility index (Phi) is 3.45. The number of Topliss-reactive ketones (excluding diaryl/α,β-unsaturated/α-hetero) is 1. The summed E-state index contributed by atoms with van der Waals surface area (Å²) in [6.07, 6.45) is 0.937. The van der Waals surface area contributed by atoms with Gasteiger partial charge in [0.15, 0.2) is 12.1 Å². The summed E-state index contributed by atoms with van der Waals surface area (Å²) in [5, 5.41) is 11.2. The molecule has 0 aromatic heterocycles. The third kappa shape index (κ3) is 1.83. The smallest absolute Gasteiger partial charge is 0.320 e. The fourth-order valence-electron chi connectivity index (χ4n) is 7.52. The van der Waals surface area contributed by atoms with Crippen molar-refractivity contribution in [3.8, 4) is 0 Å². The van der Waals surface area contributed by atoms with Crippen LogP contribution < -0.4 is 0 Å². The minimum absolute atomic E-state index is 0.0587. The molecule has 1 N–H and O–H groups in total. The molecule has 6 heteroatoms. The number of fused-ring (bicyclic) bond motifs is 1. The highest BCUT2D eigenvalue weighted by molar-refractivity contribution is 6.15. The lowest BCUT2D eigenvalue weighted by molar-refractivity contribution is -0.252. The van der Waals surface area contributed by atoms with Gasteiger partial charge in [0.1, 0.15) is 11.5 Å². The fraction of sp³-hybridized carbons (Fsp3) is 0.810. The van der Waals surface area contributed by atoms with E-state index >= 15 is 0 Å². The van der Waals surface area contributed by atoms with Crippen LogP contribution >= 0.6 is 0 Å². The van der Waals surface area contributed by atoms with Crippen LogP contribution in [0.15, 0.2) is 12.2 Å². The zero-order valence-corrected chi connectivity index (χ0v) is 16.2. The summed E-state index contributed by atoms with van der Waals surface area (Å²) in [4.78, 5) is 26.5. The molecule has 0 unspecified atom stereocenters. The number of aliphatic hydroxyl groups excluding tert-OH is 1. The molecule has 3 aliphatic carbocycles. The summed E-state index contributed by atoms with van der Waals surface area (Å²) < 4.78 is 17.8. The van der Waals surface area contributed by atoms with Crippen molar-refractivity contribution < 1.29 is 28.9 Å². The summed E-state index contributed by atoms with van der Waals surface area (Å²) in [5.74, 6) is -1.40. The maximum atomic E-state index is 13.3. The number of ketones is 1. The monoisotopic (exact) mass is 376 g/mol. The van der Waals surface area contributed by atoms with Crippen LogP contribution in [0, 0.1) is 34.0 Å². The highest BCUT2D eigenvalue weighted by Gasteiger charge is 2.79. The van der Waals surface area contributed by atoms with Gasteiger partial charge in [-0.3, -0.25) is 9.59 Å². The number of carbonyl (C=O) groups is 2. The molecule has 0 aromatic carbocycles. The van der Waals surface area contributed by atoms with Crippen LogP contribution in [-0.4, -0.2) is 49.1 Å². The van der Waals surface area contributed by atoms with E-state index in [2.05, 4.69) is 20.4 Å². The van der Waals surface area contributed by atoms with Gasteiger partial charge in [-0.2, -0.15) is 0 Å². The number of aliphatic hydroxyl groups is 1. The third-order valence-corrected chi connectivity index (χ3v) is 8.47. The molecule has 2 aliphatic heterocycles. The van der Waals surface area contributed by atoms with E-state index in [1.54, 1.807) is 7.11 Å². The van der Waals surface area contributed by atoms with E-state index in [4.69, 9.17) is 14.2 Å². The van der Waals surface area contributed by atoms with Crippen molar-refractivity contribution in [3.05, 3.63) is 12.2 Å². The van der Waals surface area contributed by atoms with Crippen molar-refractivity contribution in [1.82, 2.24) is 0 Å². The molecule has 2 spiro atoms. The Morgan fingerprint density at radius 3 is 2.70 bits per heavy atom. The van der Waals surface area contributed by atoms with Gasteiger partial charge < -0.3 is 19.3 Å². The Morgan fingerprint density at radius 2 is 2.00 bits per heavy atom. The normalized spacial score (nSPS) is 52.8. The molecule has 6 nitrogen and oxygen atoms in total. The molecule has 0 radical (unpaired) electrons. The van der Waals surface area contributed by atoms with Crippen molar-refractivity contribution in [2.45, 2.75) is 58.0 Å². The summed E-state index contributed by atoms with van der Waals surface area (Å²) in [6.45, 7) is 8.67. The topological polar surface area (TPSA) is 82.1 Å². The van der Waals surface area contributed by atoms with Crippen LogP contribution in [0.3, 0.4) is 0 Å². The number of esters is 1. The van der Waals surface area contributed by atoms with Crippen LogP contribution in [0.25, 0.3) is 0 Å². The molecule has 148 valence electrons. The molecule has 8 atom stereocenters. The first kappa shape index (κ1) is 17.8. The average Bonchev–Trinajstić information content (AvgIpc) is 3.10. The summed E-state index contributed by atoms with van der Waals surface area (Å²) in [6, 6.07) is 0. The molecular weight excluding hydrogens is 348 g/mol. The Morgan fingerprint density at radius 1 is 1.26 bits per heavy atom. The van der Waals surface area contributed by atoms with Crippen molar-refractivity contribution in [1.29, 1.82) is 0 Å². The molecule has 5 fully saturated rings. The van der Waals surface area contributed by atoms with E-state index in [9.17, 15) is 14.7 Å². The molecule has 2 heterocycles. The summed E-state index contributed by atoms with van der Waals surface area (Å²) >= 11 is 0. The molecular formula is C21H28O6. The van der Waals surface area contributed by atoms with Gasteiger partial charge in [-0.25, -0.2) is 0 Å². The maximum absolute atomic E-state index is 13.3. The third-order valence-electron chi connectivity index (χ3n) is 8.47. The number of carbonyl (C=O) groups excluding carboxylic acids is 2. The van der Waals surface area contributed by atoms with Crippen LogP contribution in [0.1, 0.15) is 39.5 Å². The Labute approximate surface area is 159 Å². The lowest BCUT2D eigenvalue weighted by Crippen LogP contribution is -2.70. The molecule has 5 aliphatic rings. The van der Waals surface area contributed by atoms with Gasteiger partial charge >= 0.3 is 5.97 Å². The van der Waals surface area contributed by atoms with Gasteiger partial charge in [0.25, 0.3) is 0 Å². The Hall–Kier alpha value is -1.24. The standard InChI is InChI=1S/C21H28O6/c1-10-11-7-12(22)14-20(8-11,16(10)23)18(24)27-13-5-6-19(2,3)15-17(25-4)26-9-21(13,14)15/h11-15,17,22H,1,5-9H2,2-4H3/t11-,12-,13+,14-,15-,17-,20+,21+/m1/s1. The van der Waals surface area contributed by atoms with Crippen LogP contribution in [0.5, 0.6) is 0 Å². The van der Waals surface area contributed by atoms with E-state index in [1.165, 1.54) is 0 Å². The molecule has 2 saturated heterocycles. The molecule has 3 saturated carbocycles. The van der Waals surface area contributed by atoms with E-state index in [1.807, 2.05) is 0 Å². The average molecular weight is 376 g/mol. The van der Waals surface area contributed by atoms with E-state index < -0.39 is 35.1 Å². The van der Waals surface area contributed by atoms with Crippen molar-refractivity contribution in [2.75, 3.05) is 13.7 Å². The fourth-order valence-corrected chi connectivity index (χ4v) is 7.52. The highest BCUT2D eigenvalue weighted by Crippen LogP contribution is 2.71. The number of allylic oxidation sites excluding steroid dienone is 1. The lowest BCUT2D eigenvalue weighted by atomic mass is 9.43. The second-order valence-corrected chi connectivity index (χ2v) is 9.93. The molecule has 2 bridgehead atoms. The molecule has 0 aromatic rings. The zero-order chi connectivity index (χ0) is 19.4. The molecule has 0 amide bonds. The number of rotatable bonds is 1. The minimum Gasteiger partial charge on any atom is -0.461 e. The second-order valence-electron chi connectivity index (χ2n) is 9.93. The molecule has 5 rings (SSSR count). The first-order valence-corrected chi connectivity index (χ1v) is 9.97. The Bertz CT molecular complexity index is 743. The summed E-state index contributed by atoms with van der Waals surface area (Å²) in [7, 11) is 1.63. The van der Waals surface area contributed by atoms with Crippen molar-refractivity contribution >= 4 is 11.8 Å². The maximum Gasteiger partial charge on any atom is 0.320 e. The Balaban J connectivity index is 1.74. The first-order valence-electron chi connectivity index (χ1n) is 9.97. The van der Waals surface area contributed by atoms with Gasteiger partial charge in [-0.15, -0.1) is 0 Å². The molecule has 27 heavy (non-hydrogen) atoms. The van der Waals surface area contributed by atoms with Crippen molar-refractivity contribution in [2.24, 2.45) is 34.0 Å². The van der Waals surface area contributed by atoms with Gasteiger partial charge in [-0.05, 0) is 42.6 Å². The second kappa shape index (κ2) is 5.22. The number of hydrogen-bond donors (Lipinski definition) is 1. The van der Waals surface area contributed by atoms with Gasteiger partial charge in [-0.1, -0.05) is 20.4 Å². The number of methoxy groups -OCH3 is 1. The highest BCUT2D eigenvalue weighted by atomic mass is 16.7. The first-order chi connectivity index (χ1) is 12.7. The van der Waals surface area contributed by atoms with Crippen LogP contribution in [-0.2, 0) is 23.8 Å². The summed E-state index contributed by atoms with van der Waals surface area (Å²) in [5.41, 5.74) is -1.57. The van der Waals surface area contributed by atoms with Crippen LogP contribution in [0.4, 0.5) is 0 Å². The van der Waals surface area contributed by atoms with Crippen LogP contribution in [0.2, 0.25) is 0 Å². The quantitative estimate of drug-likeness (QED) is 0.427. The van der Waals surface area contributed by atoms with E-state index in [-0.39, 0.29) is 29.1 Å². The predicted octanol–water partition coefficient (Wildman–Crippen LogP) is 1.85. The predicted molar refractivity (Wildman–Crippen MR) is 94.4 cm³/mol. The lowest BCUT2D eigenvalue weighted by Gasteiger charge is -2.62. The largest absolute Gasteiger partial charge is 0.461 e.